The molecule has 2 unspecified atom stereocenters. The van der Waals surface area contributed by atoms with Crippen LogP contribution in [0, 0.1) is 12.8 Å². The summed E-state index contributed by atoms with van der Waals surface area (Å²) < 4.78 is 1.87. The van der Waals surface area contributed by atoms with Gasteiger partial charge in [-0.15, -0.1) is 0 Å². The molecular weight excluding hydrogens is 300 g/mol. The molecule has 6 heteroatoms. The predicted molar refractivity (Wildman–Crippen MR) is 87.4 cm³/mol. The third kappa shape index (κ3) is 3.50. The van der Waals surface area contributed by atoms with Gasteiger partial charge in [-0.1, -0.05) is 11.6 Å². The summed E-state index contributed by atoms with van der Waals surface area (Å²) >= 11 is 5.91. The SMILES string of the molecule is Cc1nn(-c2ccc(Cl)cc2)cc1CNCC1CNCC1O. The number of hydrogen-bond acceptors (Lipinski definition) is 4. The van der Waals surface area contributed by atoms with Crippen LogP contribution in [0.3, 0.4) is 0 Å². The number of nitrogens with one attached hydrogen (secondary N) is 2. The van der Waals surface area contributed by atoms with Crippen LogP contribution in [0.1, 0.15) is 11.3 Å². The molecule has 3 rings (SSSR count). The maximum atomic E-state index is 9.79. The van der Waals surface area contributed by atoms with Crippen molar-refractivity contribution < 1.29 is 5.11 Å². The zero-order chi connectivity index (χ0) is 15.5. The van der Waals surface area contributed by atoms with Crippen molar-refractivity contribution in [2.45, 2.75) is 19.6 Å². The first kappa shape index (κ1) is 15.5. The summed E-state index contributed by atoms with van der Waals surface area (Å²) in [6.07, 6.45) is 1.79. The first-order valence-corrected chi connectivity index (χ1v) is 7.92. The molecule has 1 fully saturated rings. The fourth-order valence-corrected chi connectivity index (χ4v) is 2.84. The Kier molecular flexibility index (Phi) is 4.78. The highest BCUT2D eigenvalue weighted by Gasteiger charge is 2.24. The van der Waals surface area contributed by atoms with Crippen molar-refractivity contribution in [3.63, 3.8) is 0 Å². The molecule has 1 aliphatic heterocycles. The molecule has 2 heterocycles. The molecule has 2 aromatic rings. The van der Waals surface area contributed by atoms with Crippen LogP contribution < -0.4 is 10.6 Å². The van der Waals surface area contributed by atoms with Gasteiger partial charge >= 0.3 is 0 Å². The van der Waals surface area contributed by atoms with Crippen LogP contribution in [0.2, 0.25) is 5.02 Å². The Balaban J connectivity index is 1.61. The fraction of sp³-hybridized carbons (Fsp3) is 0.438. The average Bonchev–Trinajstić information content (AvgIpc) is 3.07. The minimum absolute atomic E-state index is 0.245. The first-order chi connectivity index (χ1) is 10.6. The molecule has 1 aliphatic rings. The van der Waals surface area contributed by atoms with Gasteiger partial charge in [-0.25, -0.2) is 4.68 Å². The zero-order valence-corrected chi connectivity index (χ0v) is 13.3. The number of hydrogen-bond donors (Lipinski definition) is 3. The van der Waals surface area contributed by atoms with Crippen molar-refractivity contribution in [1.82, 2.24) is 20.4 Å². The van der Waals surface area contributed by atoms with E-state index in [2.05, 4.69) is 15.7 Å². The Labute approximate surface area is 135 Å². The second kappa shape index (κ2) is 6.79. The number of halogens is 1. The van der Waals surface area contributed by atoms with E-state index in [9.17, 15) is 5.11 Å². The minimum atomic E-state index is -0.245. The van der Waals surface area contributed by atoms with Crippen LogP contribution in [0.4, 0.5) is 0 Å². The first-order valence-electron chi connectivity index (χ1n) is 7.54. The highest BCUT2D eigenvalue weighted by Crippen LogP contribution is 2.15. The summed E-state index contributed by atoms with van der Waals surface area (Å²) in [5, 5.41) is 21.7. The van der Waals surface area contributed by atoms with E-state index in [0.717, 1.165) is 41.6 Å². The summed E-state index contributed by atoms with van der Waals surface area (Å²) in [4.78, 5) is 0. The lowest BCUT2D eigenvalue weighted by atomic mass is 10.1. The van der Waals surface area contributed by atoms with E-state index in [0.29, 0.717) is 6.54 Å². The Hall–Kier alpha value is -1.40. The second-order valence-electron chi connectivity index (χ2n) is 5.78. The summed E-state index contributed by atoms with van der Waals surface area (Å²) in [5.41, 5.74) is 3.16. The van der Waals surface area contributed by atoms with Crippen molar-refractivity contribution in [3.8, 4) is 5.69 Å². The molecular formula is C16H21ClN4O. The quantitative estimate of drug-likeness (QED) is 0.781. The zero-order valence-electron chi connectivity index (χ0n) is 12.6. The van der Waals surface area contributed by atoms with Gasteiger partial charge in [0.25, 0.3) is 0 Å². The van der Waals surface area contributed by atoms with Gasteiger partial charge in [0.05, 0.1) is 17.5 Å². The van der Waals surface area contributed by atoms with Gasteiger partial charge < -0.3 is 15.7 Å². The number of aliphatic hydroxyl groups excluding tert-OH is 1. The van der Waals surface area contributed by atoms with Gasteiger partial charge in [0.15, 0.2) is 0 Å². The average molecular weight is 321 g/mol. The minimum Gasteiger partial charge on any atom is -0.391 e. The van der Waals surface area contributed by atoms with Crippen LogP contribution in [0.5, 0.6) is 0 Å². The van der Waals surface area contributed by atoms with Crippen LogP contribution in [0.25, 0.3) is 5.69 Å². The van der Waals surface area contributed by atoms with Gasteiger partial charge in [0.2, 0.25) is 0 Å². The monoisotopic (exact) mass is 320 g/mol. The maximum absolute atomic E-state index is 9.79. The van der Waals surface area contributed by atoms with Gasteiger partial charge in [-0.3, -0.25) is 0 Å². The molecule has 0 spiro atoms. The molecule has 1 saturated heterocycles. The number of aromatic nitrogens is 2. The van der Waals surface area contributed by atoms with E-state index in [4.69, 9.17) is 11.6 Å². The van der Waals surface area contributed by atoms with Crippen LogP contribution in [-0.2, 0) is 6.54 Å². The van der Waals surface area contributed by atoms with E-state index < -0.39 is 0 Å². The smallest absolute Gasteiger partial charge is 0.0716 e. The molecule has 22 heavy (non-hydrogen) atoms. The molecule has 5 nitrogen and oxygen atoms in total. The third-order valence-electron chi connectivity index (χ3n) is 4.12. The van der Waals surface area contributed by atoms with E-state index in [1.807, 2.05) is 42.1 Å². The lowest BCUT2D eigenvalue weighted by Crippen LogP contribution is -2.30. The molecule has 2 atom stereocenters. The predicted octanol–water partition coefficient (Wildman–Crippen LogP) is 1.50. The number of aryl methyl sites for hydroxylation is 1. The molecule has 0 bridgehead atoms. The number of benzene rings is 1. The van der Waals surface area contributed by atoms with Crippen LogP contribution in [-0.4, -0.2) is 40.6 Å². The molecule has 0 saturated carbocycles. The summed E-state index contributed by atoms with van der Waals surface area (Å²) in [6.45, 7) is 5.13. The highest BCUT2D eigenvalue weighted by atomic mass is 35.5. The Morgan fingerprint density at radius 1 is 1.36 bits per heavy atom. The summed E-state index contributed by atoms with van der Waals surface area (Å²) in [7, 11) is 0. The van der Waals surface area contributed by atoms with E-state index in [-0.39, 0.29) is 12.0 Å². The van der Waals surface area contributed by atoms with E-state index in [1.165, 1.54) is 0 Å². The highest BCUT2D eigenvalue weighted by molar-refractivity contribution is 6.30. The summed E-state index contributed by atoms with van der Waals surface area (Å²) in [6, 6.07) is 7.62. The normalized spacial score (nSPS) is 21.4. The van der Waals surface area contributed by atoms with Crippen LogP contribution >= 0.6 is 11.6 Å². The van der Waals surface area contributed by atoms with Gasteiger partial charge in [-0.05, 0) is 31.2 Å². The second-order valence-corrected chi connectivity index (χ2v) is 6.21. The largest absolute Gasteiger partial charge is 0.391 e. The number of aliphatic hydroxyl groups is 1. The molecule has 1 aromatic heterocycles. The van der Waals surface area contributed by atoms with Crippen LogP contribution in [0.15, 0.2) is 30.5 Å². The number of β-amino-alcohol motifs (C(OH)–C–C–N with tert-alkyl or cyclic N) is 1. The topological polar surface area (TPSA) is 62.1 Å². The Morgan fingerprint density at radius 2 is 2.14 bits per heavy atom. The molecule has 0 aliphatic carbocycles. The van der Waals surface area contributed by atoms with Crippen molar-refractivity contribution in [2.75, 3.05) is 19.6 Å². The lowest BCUT2D eigenvalue weighted by Gasteiger charge is -2.13. The van der Waals surface area contributed by atoms with Crippen molar-refractivity contribution in [1.29, 1.82) is 0 Å². The van der Waals surface area contributed by atoms with Crippen molar-refractivity contribution in [2.24, 2.45) is 5.92 Å². The van der Waals surface area contributed by atoms with Crippen molar-refractivity contribution >= 4 is 11.6 Å². The summed E-state index contributed by atoms with van der Waals surface area (Å²) in [5.74, 6) is 0.284. The standard InChI is InChI=1S/C16H21ClN4O/c1-11-13(8-18-6-12-7-19-9-16(12)22)10-21(20-11)15-4-2-14(17)3-5-15/h2-5,10,12,16,18-19,22H,6-9H2,1H3. The molecule has 118 valence electrons. The van der Waals surface area contributed by atoms with Gasteiger partial charge in [0, 0.05) is 48.9 Å². The van der Waals surface area contributed by atoms with E-state index in [1.54, 1.807) is 0 Å². The third-order valence-corrected chi connectivity index (χ3v) is 4.37. The Morgan fingerprint density at radius 3 is 2.82 bits per heavy atom. The molecule has 1 aromatic carbocycles. The number of rotatable bonds is 5. The van der Waals surface area contributed by atoms with Crippen molar-refractivity contribution in [3.05, 3.63) is 46.7 Å². The number of nitrogens with zero attached hydrogens (tertiary/aromatic N) is 2. The van der Waals surface area contributed by atoms with Gasteiger partial charge in [0.1, 0.15) is 0 Å². The maximum Gasteiger partial charge on any atom is 0.0716 e. The lowest BCUT2D eigenvalue weighted by molar-refractivity contribution is 0.146. The molecule has 3 N–H and O–H groups in total. The fourth-order valence-electron chi connectivity index (χ4n) is 2.72. The molecule has 0 amide bonds. The van der Waals surface area contributed by atoms with E-state index >= 15 is 0 Å². The Bertz CT molecular complexity index is 626. The van der Waals surface area contributed by atoms with Gasteiger partial charge in [-0.2, -0.15) is 5.10 Å². The molecule has 0 radical (unpaired) electrons.